The fourth-order valence-corrected chi connectivity index (χ4v) is 6.11. The zero-order valence-electron chi connectivity index (χ0n) is 18.2. The zero-order chi connectivity index (χ0) is 22.1. The molecule has 3 heterocycles. The maximum absolute atomic E-state index is 13.5. The molecule has 2 aromatic heterocycles. The first kappa shape index (κ1) is 21.3. The number of aromatic nitrogens is 2. The van der Waals surface area contributed by atoms with E-state index in [1.165, 1.54) is 34.2 Å². The third-order valence-electron chi connectivity index (χ3n) is 7.23. The Balaban J connectivity index is 1.26. The monoisotopic (exact) mass is 451 g/mol. The molecule has 168 valence electrons. The van der Waals surface area contributed by atoms with E-state index in [2.05, 4.69) is 29.2 Å². The molecule has 2 fully saturated rings. The Morgan fingerprint density at radius 2 is 1.88 bits per heavy atom. The molecule has 2 aliphatic rings. The average Bonchev–Trinajstić information content (AvgIpc) is 3.31. The van der Waals surface area contributed by atoms with E-state index in [0.717, 1.165) is 24.1 Å². The normalized spacial score (nSPS) is 23.3. The van der Waals surface area contributed by atoms with Gasteiger partial charge in [0.1, 0.15) is 4.83 Å². The SMILES string of the molecule is O=C([C@H]1CCCC[C@@H]1c1ccccc1)N1CCC(O)(Cn2cnc3sccc3c2=O)CC1. The number of carbonyl (C=O) groups excluding carboxylic acids is 1. The Hall–Kier alpha value is -2.51. The lowest BCUT2D eigenvalue weighted by molar-refractivity contribution is -0.142. The van der Waals surface area contributed by atoms with Gasteiger partial charge in [-0.2, -0.15) is 0 Å². The molecule has 2 atom stereocenters. The van der Waals surface area contributed by atoms with Crippen molar-refractivity contribution in [1.82, 2.24) is 14.5 Å². The van der Waals surface area contributed by atoms with E-state index in [4.69, 9.17) is 0 Å². The van der Waals surface area contributed by atoms with Gasteiger partial charge in [0.15, 0.2) is 0 Å². The number of likely N-dealkylation sites (tertiary alicyclic amines) is 1. The van der Waals surface area contributed by atoms with E-state index in [-0.39, 0.29) is 29.8 Å². The highest BCUT2D eigenvalue weighted by Crippen LogP contribution is 2.39. The second kappa shape index (κ2) is 8.79. The van der Waals surface area contributed by atoms with Gasteiger partial charge in [-0.05, 0) is 48.6 Å². The Morgan fingerprint density at radius 3 is 2.66 bits per heavy atom. The van der Waals surface area contributed by atoms with Crippen molar-refractivity contribution in [3.63, 3.8) is 0 Å². The number of benzene rings is 1. The minimum absolute atomic E-state index is 0.0187. The molecule has 5 rings (SSSR count). The predicted molar refractivity (Wildman–Crippen MR) is 126 cm³/mol. The van der Waals surface area contributed by atoms with E-state index in [1.807, 2.05) is 16.3 Å². The molecule has 0 unspecified atom stereocenters. The Bertz CT molecular complexity index is 1150. The summed E-state index contributed by atoms with van der Waals surface area (Å²) in [7, 11) is 0. The average molecular weight is 452 g/mol. The number of piperidine rings is 1. The summed E-state index contributed by atoms with van der Waals surface area (Å²) in [6, 6.07) is 12.2. The lowest BCUT2D eigenvalue weighted by Gasteiger charge is -2.41. The molecule has 0 bridgehead atoms. The maximum Gasteiger partial charge on any atom is 0.262 e. The molecule has 1 saturated carbocycles. The number of carbonyl (C=O) groups is 1. The standard InChI is InChI=1S/C25H29N3O3S/c29-23(20-9-5-4-8-19(20)18-6-2-1-3-7-18)27-13-11-25(31,12-14-27)16-28-17-26-22-21(24(28)30)10-15-32-22/h1-3,6-7,10,15,17,19-20,31H,4-5,8-9,11-14,16H2/t19-,20+/m1/s1. The number of thiophene rings is 1. The summed E-state index contributed by atoms with van der Waals surface area (Å²) in [5.74, 6) is 0.518. The van der Waals surface area contributed by atoms with Crippen molar-refractivity contribution in [3.8, 4) is 0 Å². The van der Waals surface area contributed by atoms with E-state index < -0.39 is 5.60 Å². The largest absolute Gasteiger partial charge is 0.388 e. The van der Waals surface area contributed by atoms with Gasteiger partial charge in [-0.25, -0.2) is 4.98 Å². The molecule has 6 nitrogen and oxygen atoms in total. The molecule has 1 aromatic carbocycles. The van der Waals surface area contributed by atoms with Crippen LogP contribution in [-0.2, 0) is 11.3 Å². The van der Waals surface area contributed by atoms with Gasteiger partial charge in [-0.1, -0.05) is 43.2 Å². The molecule has 3 aromatic rings. The van der Waals surface area contributed by atoms with E-state index in [0.29, 0.717) is 31.3 Å². The summed E-state index contributed by atoms with van der Waals surface area (Å²) >= 11 is 1.44. The first-order valence-electron chi connectivity index (χ1n) is 11.5. The minimum atomic E-state index is -1.00. The van der Waals surface area contributed by atoms with Crippen LogP contribution in [0.15, 0.2) is 52.9 Å². The van der Waals surface area contributed by atoms with Gasteiger partial charge in [0.05, 0.1) is 23.9 Å². The van der Waals surface area contributed by atoms with E-state index in [1.54, 1.807) is 6.07 Å². The minimum Gasteiger partial charge on any atom is -0.388 e. The molecule has 0 spiro atoms. The zero-order valence-corrected chi connectivity index (χ0v) is 19.0. The molecule has 32 heavy (non-hydrogen) atoms. The van der Waals surface area contributed by atoms with Gasteiger partial charge in [-0.15, -0.1) is 11.3 Å². The van der Waals surface area contributed by atoms with Crippen LogP contribution < -0.4 is 5.56 Å². The lowest BCUT2D eigenvalue weighted by atomic mass is 9.74. The number of fused-ring (bicyclic) bond motifs is 1. The molecular formula is C25H29N3O3S. The molecule has 1 saturated heterocycles. The quantitative estimate of drug-likeness (QED) is 0.655. The van der Waals surface area contributed by atoms with Gasteiger partial charge in [-0.3, -0.25) is 14.2 Å². The van der Waals surface area contributed by atoms with Crippen molar-refractivity contribution >= 4 is 27.5 Å². The Kier molecular flexibility index (Phi) is 5.86. The summed E-state index contributed by atoms with van der Waals surface area (Å²) < 4.78 is 1.51. The van der Waals surface area contributed by atoms with Gasteiger partial charge < -0.3 is 10.0 Å². The predicted octanol–water partition coefficient (Wildman–Crippen LogP) is 3.79. The van der Waals surface area contributed by atoms with Gasteiger partial charge in [0.25, 0.3) is 5.56 Å². The summed E-state index contributed by atoms with van der Waals surface area (Å²) in [5.41, 5.74) is 0.142. The van der Waals surface area contributed by atoms with Gasteiger partial charge >= 0.3 is 0 Å². The van der Waals surface area contributed by atoms with Crippen molar-refractivity contribution < 1.29 is 9.90 Å². The van der Waals surface area contributed by atoms with Crippen LogP contribution in [0.1, 0.15) is 50.0 Å². The first-order valence-corrected chi connectivity index (χ1v) is 12.4. The molecule has 7 heteroatoms. The second-order valence-electron chi connectivity index (χ2n) is 9.27. The fraction of sp³-hybridized carbons (Fsp3) is 0.480. The molecular weight excluding hydrogens is 422 g/mol. The molecule has 1 N–H and O–H groups in total. The number of hydrogen-bond acceptors (Lipinski definition) is 5. The van der Waals surface area contributed by atoms with Crippen molar-refractivity contribution in [1.29, 1.82) is 0 Å². The lowest BCUT2D eigenvalue weighted by Crippen LogP contribution is -2.51. The van der Waals surface area contributed by atoms with Crippen molar-refractivity contribution in [2.75, 3.05) is 13.1 Å². The Morgan fingerprint density at radius 1 is 1.12 bits per heavy atom. The van der Waals surface area contributed by atoms with Crippen LogP contribution in [0, 0.1) is 5.92 Å². The van der Waals surface area contributed by atoms with Crippen LogP contribution in [0.3, 0.4) is 0 Å². The third-order valence-corrected chi connectivity index (χ3v) is 8.05. The van der Waals surface area contributed by atoms with Crippen LogP contribution >= 0.6 is 11.3 Å². The number of rotatable bonds is 4. The number of hydrogen-bond donors (Lipinski definition) is 1. The van der Waals surface area contributed by atoms with Crippen LogP contribution in [0.2, 0.25) is 0 Å². The molecule has 1 aliphatic carbocycles. The van der Waals surface area contributed by atoms with Crippen LogP contribution in [0.5, 0.6) is 0 Å². The highest BCUT2D eigenvalue weighted by atomic mass is 32.1. The van der Waals surface area contributed by atoms with Gasteiger partial charge in [0.2, 0.25) is 5.91 Å². The smallest absolute Gasteiger partial charge is 0.262 e. The second-order valence-corrected chi connectivity index (χ2v) is 10.2. The first-order chi connectivity index (χ1) is 15.5. The van der Waals surface area contributed by atoms with Crippen LogP contribution in [0.4, 0.5) is 0 Å². The van der Waals surface area contributed by atoms with Gasteiger partial charge in [0, 0.05) is 19.0 Å². The van der Waals surface area contributed by atoms with Crippen molar-refractivity contribution in [2.45, 2.75) is 56.6 Å². The van der Waals surface area contributed by atoms with Crippen LogP contribution in [0.25, 0.3) is 10.2 Å². The Labute approximate surface area is 191 Å². The van der Waals surface area contributed by atoms with Crippen LogP contribution in [-0.4, -0.2) is 44.2 Å². The number of amides is 1. The van der Waals surface area contributed by atoms with E-state index in [9.17, 15) is 14.7 Å². The summed E-state index contributed by atoms with van der Waals surface area (Å²) in [5, 5.41) is 13.6. The topological polar surface area (TPSA) is 75.4 Å². The molecule has 0 radical (unpaired) electrons. The summed E-state index contributed by atoms with van der Waals surface area (Å²) in [6.07, 6.45) is 6.72. The third kappa shape index (κ3) is 4.11. The fourth-order valence-electron chi connectivity index (χ4n) is 5.38. The highest BCUT2D eigenvalue weighted by molar-refractivity contribution is 7.16. The maximum atomic E-state index is 13.5. The molecule has 1 aliphatic heterocycles. The highest BCUT2D eigenvalue weighted by Gasteiger charge is 2.39. The van der Waals surface area contributed by atoms with Crippen molar-refractivity contribution in [2.24, 2.45) is 5.92 Å². The summed E-state index contributed by atoms with van der Waals surface area (Å²) in [4.78, 5) is 33.2. The number of aliphatic hydroxyl groups is 1. The van der Waals surface area contributed by atoms with E-state index >= 15 is 0 Å². The molecule has 1 amide bonds. The van der Waals surface area contributed by atoms with Crippen molar-refractivity contribution in [3.05, 3.63) is 64.0 Å². The summed E-state index contributed by atoms with van der Waals surface area (Å²) in [6.45, 7) is 1.26. The number of nitrogens with zero attached hydrogens (tertiary/aromatic N) is 3.